The molecule has 1 heterocycles. The summed E-state index contributed by atoms with van der Waals surface area (Å²) in [6, 6.07) is 0. The highest BCUT2D eigenvalue weighted by molar-refractivity contribution is 5.84. The molecule has 0 radical (unpaired) electrons. The second-order valence-electron chi connectivity index (χ2n) is 4.83. The molecule has 0 spiro atoms. The Bertz CT molecular complexity index is 297. The lowest BCUT2D eigenvalue weighted by Gasteiger charge is -2.39. The SMILES string of the molecule is CCC=C1OOC1(CC)C(=O)OC(C)(C)C. The molecule has 16 heavy (non-hydrogen) atoms. The van der Waals surface area contributed by atoms with Gasteiger partial charge in [0.25, 0.3) is 5.60 Å². The lowest BCUT2D eigenvalue weighted by atomic mass is 9.95. The van der Waals surface area contributed by atoms with Crippen LogP contribution in [0.4, 0.5) is 0 Å². The van der Waals surface area contributed by atoms with Crippen molar-refractivity contribution in [1.29, 1.82) is 0 Å². The van der Waals surface area contributed by atoms with Crippen LogP contribution in [0.3, 0.4) is 0 Å². The Morgan fingerprint density at radius 2 is 2.06 bits per heavy atom. The Hall–Kier alpha value is -1.03. The standard InChI is InChI=1S/C12H20O4/c1-6-8-9-12(7-2,16-15-9)10(13)14-11(3,4)5/h8H,6-7H2,1-5H3. The molecule has 0 aromatic rings. The Morgan fingerprint density at radius 3 is 2.38 bits per heavy atom. The predicted molar refractivity (Wildman–Crippen MR) is 59.4 cm³/mol. The second-order valence-corrected chi connectivity index (χ2v) is 4.83. The van der Waals surface area contributed by atoms with Crippen LogP contribution in [0.2, 0.25) is 0 Å². The molecule has 1 saturated heterocycles. The van der Waals surface area contributed by atoms with Gasteiger partial charge in [-0.25, -0.2) is 4.79 Å². The minimum absolute atomic E-state index is 0.381. The number of carbonyl (C=O) groups excluding carboxylic acids is 1. The Balaban J connectivity index is 2.82. The molecule has 0 aromatic carbocycles. The zero-order valence-electron chi connectivity index (χ0n) is 10.6. The van der Waals surface area contributed by atoms with E-state index < -0.39 is 11.2 Å². The van der Waals surface area contributed by atoms with E-state index in [-0.39, 0.29) is 5.97 Å². The van der Waals surface area contributed by atoms with Gasteiger partial charge in [0.1, 0.15) is 5.60 Å². The molecule has 0 bridgehead atoms. The first-order valence-electron chi connectivity index (χ1n) is 5.65. The van der Waals surface area contributed by atoms with Crippen molar-refractivity contribution in [2.24, 2.45) is 0 Å². The zero-order valence-corrected chi connectivity index (χ0v) is 10.6. The molecule has 92 valence electrons. The maximum atomic E-state index is 12.0. The first kappa shape index (κ1) is 13.0. The molecule has 0 N–H and O–H groups in total. The van der Waals surface area contributed by atoms with Crippen LogP contribution in [0.1, 0.15) is 47.5 Å². The number of ether oxygens (including phenoxy) is 1. The lowest BCUT2D eigenvalue weighted by molar-refractivity contribution is -0.414. The van der Waals surface area contributed by atoms with E-state index in [2.05, 4.69) is 0 Å². The second kappa shape index (κ2) is 4.45. The van der Waals surface area contributed by atoms with Crippen molar-refractivity contribution in [2.75, 3.05) is 0 Å². The Labute approximate surface area is 96.5 Å². The van der Waals surface area contributed by atoms with Gasteiger partial charge < -0.3 is 9.62 Å². The summed E-state index contributed by atoms with van der Waals surface area (Å²) in [7, 11) is 0. The summed E-state index contributed by atoms with van der Waals surface area (Å²) in [6.07, 6.45) is 3.15. The maximum absolute atomic E-state index is 12.0. The van der Waals surface area contributed by atoms with E-state index in [1.165, 1.54) is 0 Å². The van der Waals surface area contributed by atoms with Crippen LogP contribution in [0.15, 0.2) is 11.8 Å². The lowest BCUT2D eigenvalue weighted by Crippen LogP contribution is -2.54. The van der Waals surface area contributed by atoms with Crippen molar-refractivity contribution >= 4 is 5.97 Å². The minimum atomic E-state index is -1.02. The molecule has 4 nitrogen and oxygen atoms in total. The topological polar surface area (TPSA) is 44.8 Å². The largest absolute Gasteiger partial charge is 0.457 e. The van der Waals surface area contributed by atoms with E-state index in [0.29, 0.717) is 12.2 Å². The van der Waals surface area contributed by atoms with Crippen LogP contribution in [0.5, 0.6) is 0 Å². The smallest absolute Gasteiger partial charge is 0.351 e. The zero-order chi connectivity index (χ0) is 12.4. The third kappa shape index (κ3) is 2.38. The van der Waals surface area contributed by atoms with E-state index >= 15 is 0 Å². The Morgan fingerprint density at radius 1 is 1.44 bits per heavy atom. The maximum Gasteiger partial charge on any atom is 0.351 e. The summed E-state index contributed by atoms with van der Waals surface area (Å²) >= 11 is 0. The predicted octanol–water partition coefficient (Wildman–Crippen LogP) is 2.73. The summed E-state index contributed by atoms with van der Waals surface area (Å²) in [4.78, 5) is 21.9. The molecule has 4 heteroatoms. The Kier molecular flexibility index (Phi) is 3.63. The van der Waals surface area contributed by atoms with Gasteiger partial charge in [-0.2, -0.15) is 4.89 Å². The molecule has 0 aromatic heterocycles. The van der Waals surface area contributed by atoms with Crippen molar-refractivity contribution in [3.05, 3.63) is 11.8 Å². The van der Waals surface area contributed by atoms with E-state index in [1.54, 1.807) is 0 Å². The van der Waals surface area contributed by atoms with Gasteiger partial charge in [0.05, 0.1) is 0 Å². The summed E-state index contributed by atoms with van der Waals surface area (Å²) in [5.41, 5.74) is -1.54. The molecule has 1 rings (SSSR count). The molecule has 0 aliphatic carbocycles. The van der Waals surface area contributed by atoms with Crippen molar-refractivity contribution in [3.63, 3.8) is 0 Å². The average Bonchev–Trinajstić information content (AvgIpc) is 2.11. The van der Waals surface area contributed by atoms with E-state index in [9.17, 15) is 4.79 Å². The third-order valence-corrected chi connectivity index (χ3v) is 2.29. The van der Waals surface area contributed by atoms with Crippen LogP contribution < -0.4 is 0 Å². The van der Waals surface area contributed by atoms with E-state index in [1.807, 2.05) is 40.7 Å². The quantitative estimate of drug-likeness (QED) is 0.550. The van der Waals surface area contributed by atoms with Gasteiger partial charge >= 0.3 is 5.97 Å². The summed E-state index contributed by atoms with van der Waals surface area (Å²) < 4.78 is 5.33. The fourth-order valence-corrected chi connectivity index (χ4v) is 1.45. The van der Waals surface area contributed by atoms with Gasteiger partial charge in [-0.15, -0.1) is 0 Å². The summed E-state index contributed by atoms with van der Waals surface area (Å²) in [6.45, 7) is 9.34. The van der Waals surface area contributed by atoms with Crippen LogP contribution in [0, 0.1) is 0 Å². The molecular formula is C12H20O4. The number of carbonyl (C=O) groups is 1. The fraction of sp³-hybridized carbons (Fsp3) is 0.750. The van der Waals surface area contributed by atoms with Gasteiger partial charge in [0, 0.05) is 0 Å². The van der Waals surface area contributed by atoms with Crippen molar-refractivity contribution < 1.29 is 19.3 Å². The van der Waals surface area contributed by atoms with Crippen molar-refractivity contribution in [3.8, 4) is 0 Å². The number of rotatable bonds is 3. The number of hydrogen-bond acceptors (Lipinski definition) is 4. The van der Waals surface area contributed by atoms with Crippen LogP contribution in [0.25, 0.3) is 0 Å². The van der Waals surface area contributed by atoms with Crippen LogP contribution in [-0.4, -0.2) is 17.2 Å². The van der Waals surface area contributed by atoms with Crippen molar-refractivity contribution in [2.45, 2.75) is 58.7 Å². The normalized spacial score (nSPS) is 27.2. The molecule has 0 amide bonds. The fourth-order valence-electron chi connectivity index (χ4n) is 1.45. The first-order chi connectivity index (χ1) is 7.35. The van der Waals surface area contributed by atoms with Gasteiger partial charge in [-0.3, -0.25) is 0 Å². The third-order valence-electron chi connectivity index (χ3n) is 2.29. The van der Waals surface area contributed by atoms with E-state index in [4.69, 9.17) is 14.5 Å². The molecule has 1 unspecified atom stereocenters. The first-order valence-corrected chi connectivity index (χ1v) is 5.65. The summed E-state index contributed by atoms with van der Waals surface area (Å²) in [5.74, 6) is 0.181. The minimum Gasteiger partial charge on any atom is -0.457 e. The molecule has 1 aliphatic heterocycles. The van der Waals surface area contributed by atoms with Crippen LogP contribution >= 0.6 is 0 Å². The highest BCUT2D eigenvalue weighted by Gasteiger charge is 2.56. The monoisotopic (exact) mass is 228 g/mol. The highest BCUT2D eigenvalue weighted by atomic mass is 17.3. The molecular weight excluding hydrogens is 208 g/mol. The van der Waals surface area contributed by atoms with Gasteiger partial charge in [0.15, 0.2) is 5.76 Å². The van der Waals surface area contributed by atoms with E-state index in [0.717, 1.165) is 6.42 Å². The van der Waals surface area contributed by atoms with Crippen LogP contribution in [-0.2, 0) is 19.3 Å². The molecule has 1 fully saturated rings. The molecule has 0 saturated carbocycles. The average molecular weight is 228 g/mol. The highest BCUT2D eigenvalue weighted by Crippen LogP contribution is 2.39. The number of allylic oxidation sites excluding steroid dienone is 1. The van der Waals surface area contributed by atoms with Gasteiger partial charge in [-0.1, -0.05) is 13.8 Å². The summed E-state index contributed by atoms with van der Waals surface area (Å²) in [5, 5.41) is 0. The number of hydrogen-bond donors (Lipinski definition) is 0. The number of esters is 1. The molecule has 1 atom stereocenters. The molecule has 1 aliphatic rings. The van der Waals surface area contributed by atoms with Gasteiger partial charge in [-0.05, 0) is 39.7 Å². The van der Waals surface area contributed by atoms with Gasteiger partial charge in [0.2, 0.25) is 0 Å². The van der Waals surface area contributed by atoms with Crippen molar-refractivity contribution in [1.82, 2.24) is 0 Å².